The van der Waals surface area contributed by atoms with Gasteiger partial charge in [-0.25, -0.2) is 0 Å². The lowest BCUT2D eigenvalue weighted by molar-refractivity contribution is -0.123. The number of hydrogen-bond acceptors (Lipinski definition) is 4. The molecule has 0 spiro atoms. The molecule has 0 aliphatic carbocycles. The normalized spacial score (nSPS) is 11.0. The fourth-order valence-corrected chi connectivity index (χ4v) is 3.99. The number of hydrogen-bond donors (Lipinski definition) is 2. The van der Waals surface area contributed by atoms with Crippen LogP contribution in [0.2, 0.25) is 0 Å². The Morgan fingerprint density at radius 3 is 2.39 bits per heavy atom. The average Bonchev–Trinajstić information content (AvgIpc) is 2.81. The number of ether oxygens (including phenoxy) is 1. The summed E-state index contributed by atoms with van der Waals surface area (Å²) in [6.45, 7) is 6.10. The van der Waals surface area contributed by atoms with Gasteiger partial charge in [0.25, 0.3) is 5.91 Å². The van der Waals surface area contributed by atoms with Crippen molar-refractivity contribution in [2.75, 3.05) is 12.4 Å². The van der Waals surface area contributed by atoms with Crippen molar-refractivity contribution in [2.45, 2.75) is 38.0 Å². The largest absolute Gasteiger partial charge is 0.497 e. The number of anilines is 1. The molecule has 0 unspecified atom stereocenters. The molecule has 0 aromatic heterocycles. The fraction of sp³-hybridized carbons (Fsp3) is 0.259. The summed E-state index contributed by atoms with van der Waals surface area (Å²) >= 11 is 1.63. The summed E-state index contributed by atoms with van der Waals surface area (Å²) < 4.78 is 5.23. The molecule has 5 nitrogen and oxygen atoms in total. The highest BCUT2D eigenvalue weighted by Gasteiger charge is 2.22. The predicted octanol–water partition coefficient (Wildman–Crippen LogP) is 5.90. The van der Waals surface area contributed by atoms with E-state index in [4.69, 9.17) is 4.74 Å². The highest BCUT2D eigenvalue weighted by Crippen LogP contribution is 2.31. The van der Waals surface area contributed by atoms with Gasteiger partial charge in [-0.2, -0.15) is 0 Å². The van der Waals surface area contributed by atoms with Crippen LogP contribution < -0.4 is 15.4 Å². The molecule has 0 bridgehead atoms. The van der Waals surface area contributed by atoms with Crippen molar-refractivity contribution in [1.82, 2.24) is 5.32 Å². The van der Waals surface area contributed by atoms with E-state index in [-0.39, 0.29) is 11.8 Å². The second kappa shape index (κ2) is 11.1. The summed E-state index contributed by atoms with van der Waals surface area (Å²) in [5.74, 6) is 1.30. The molecule has 172 valence electrons. The first-order valence-corrected chi connectivity index (χ1v) is 11.8. The first-order chi connectivity index (χ1) is 15.8. The Labute approximate surface area is 199 Å². The van der Waals surface area contributed by atoms with Gasteiger partial charge in [-0.3, -0.25) is 9.59 Å². The lowest BCUT2D eigenvalue weighted by Gasteiger charge is -2.19. The maximum absolute atomic E-state index is 12.7. The Balaban J connectivity index is 1.62. The zero-order chi connectivity index (χ0) is 23.8. The fourth-order valence-electron chi connectivity index (χ4n) is 3.04. The third-order valence-corrected chi connectivity index (χ3v) is 6.13. The monoisotopic (exact) mass is 462 g/mol. The summed E-state index contributed by atoms with van der Waals surface area (Å²) in [6.07, 6.45) is 0. The molecule has 0 saturated heterocycles. The predicted molar refractivity (Wildman–Crippen MR) is 135 cm³/mol. The van der Waals surface area contributed by atoms with Gasteiger partial charge in [0.15, 0.2) is 0 Å². The molecule has 0 atom stereocenters. The van der Waals surface area contributed by atoms with Gasteiger partial charge in [-0.15, -0.1) is 11.8 Å². The smallest absolute Gasteiger partial charge is 0.251 e. The van der Waals surface area contributed by atoms with Crippen LogP contribution in [0.5, 0.6) is 5.75 Å². The van der Waals surface area contributed by atoms with Crippen LogP contribution in [0.3, 0.4) is 0 Å². The molecule has 0 radical (unpaired) electrons. The summed E-state index contributed by atoms with van der Waals surface area (Å²) in [6, 6.07) is 23.0. The van der Waals surface area contributed by atoms with Crippen LogP contribution in [0, 0.1) is 5.41 Å². The van der Waals surface area contributed by atoms with E-state index in [9.17, 15) is 9.59 Å². The van der Waals surface area contributed by atoms with Crippen LogP contribution in [0.15, 0.2) is 77.7 Å². The van der Waals surface area contributed by atoms with Crippen molar-refractivity contribution in [3.63, 3.8) is 0 Å². The van der Waals surface area contributed by atoms with Crippen LogP contribution >= 0.6 is 11.8 Å². The Kier molecular flexibility index (Phi) is 8.17. The first kappa shape index (κ1) is 24.4. The van der Waals surface area contributed by atoms with Gasteiger partial charge in [0, 0.05) is 28.2 Å². The number of amides is 2. The molecule has 3 rings (SSSR count). The van der Waals surface area contributed by atoms with Gasteiger partial charge in [-0.1, -0.05) is 57.2 Å². The number of carbonyl (C=O) groups excluding carboxylic acids is 2. The number of carbonyl (C=O) groups is 2. The zero-order valence-corrected chi connectivity index (χ0v) is 20.3. The molecule has 0 fully saturated rings. The van der Waals surface area contributed by atoms with Crippen LogP contribution in [-0.4, -0.2) is 18.9 Å². The molecule has 3 aromatic rings. The Hall–Kier alpha value is -3.25. The van der Waals surface area contributed by atoms with Crippen LogP contribution in [-0.2, 0) is 17.1 Å². The maximum atomic E-state index is 12.7. The molecule has 0 aliphatic rings. The standard InChI is InChI=1S/C27H30N2O3S/c1-27(2,3)26(31)29-23-13-5-6-14-24(23)33-18-20-10-7-11-21(15-20)25(30)28-17-19-9-8-12-22(16-19)32-4/h5-16H,17-18H2,1-4H3,(H,28,30)(H,29,31). The number of methoxy groups -OCH3 is 1. The van der Waals surface area contributed by atoms with E-state index in [2.05, 4.69) is 10.6 Å². The Morgan fingerprint density at radius 2 is 1.64 bits per heavy atom. The van der Waals surface area contributed by atoms with Crippen LogP contribution in [0.4, 0.5) is 5.69 Å². The van der Waals surface area contributed by atoms with E-state index in [1.165, 1.54) is 0 Å². The van der Waals surface area contributed by atoms with E-state index in [0.717, 1.165) is 27.5 Å². The zero-order valence-electron chi connectivity index (χ0n) is 19.5. The van der Waals surface area contributed by atoms with Crippen molar-refractivity contribution in [1.29, 1.82) is 0 Å². The summed E-state index contributed by atoms with van der Waals surface area (Å²) in [4.78, 5) is 26.1. The van der Waals surface area contributed by atoms with Crippen molar-refractivity contribution >= 4 is 29.3 Å². The second-order valence-electron chi connectivity index (χ2n) is 8.72. The molecular weight excluding hydrogens is 432 g/mol. The van der Waals surface area contributed by atoms with E-state index in [1.54, 1.807) is 18.9 Å². The molecule has 0 saturated carbocycles. The topological polar surface area (TPSA) is 67.4 Å². The number of nitrogens with one attached hydrogen (secondary N) is 2. The van der Waals surface area contributed by atoms with Crippen molar-refractivity contribution in [2.24, 2.45) is 5.41 Å². The molecule has 33 heavy (non-hydrogen) atoms. The number of para-hydroxylation sites is 1. The minimum atomic E-state index is -0.468. The molecule has 2 amide bonds. The van der Waals surface area contributed by atoms with Crippen molar-refractivity contribution in [3.05, 3.63) is 89.5 Å². The van der Waals surface area contributed by atoms with Crippen molar-refractivity contribution in [3.8, 4) is 5.75 Å². The molecule has 2 N–H and O–H groups in total. The van der Waals surface area contributed by atoms with E-state index in [0.29, 0.717) is 17.9 Å². The Morgan fingerprint density at radius 1 is 0.909 bits per heavy atom. The summed E-state index contributed by atoms with van der Waals surface area (Å²) in [5, 5.41) is 5.99. The van der Waals surface area contributed by atoms with E-state index >= 15 is 0 Å². The van der Waals surface area contributed by atoms with Crippen LogP contribution in [0.1, 0.15) is 42.3 Å². The first-order valence-electron chi connectivity index (χ1n) is 10.8. The minimum Gasteiger partial charge on any atom is -0.497 e. The number of thioether (sulfide) groups is 1. The van der Waals surface area contributed by atoms with Gasteiger partial charge in [0.2, 0.25) is 5.91 Å². The molecule has 0 aliphatic heterocycles. The van der Waals surface area contributed by atoms with Gasteiger partial charge >= 0.3 is 0 Å². The van der Waals surface area contributed by atoms with Gasteiger partial charge in [0.05, 0.1) is 12.8 Å². The van der Waals surface area contributed by atoms with E-state index in [1.807, 2.05) is 93.6 Å². The molecule has 0 heterocycles. The maximum Gasteiger partial charge on any atom is 0.251 e. The van der Waals surface area contributed by atoms with Gasteiger partial charge in [0.1, 0.15) is 5.75 Å². The molecule has 6 heteroatoms. The summed E-state index contributed by atoms with van der Waals surface area (Å²) in [7, 11) is 1.62. The van der Waals surface area contributed by atoms with Gasteiger partial charge < -0.3 is 15.4 Å². The number of rotatable bonds is 8. The lowest BCUT2D eigenvalue weighted by atomic mass is 9.95. The Bertz CT molecular complexity index is 1120. The highest BCUT2D eigenvalue weighted by molar-refractivity contribution is 7.98. The third kappa shape index (κ3) is 7.12. The lowest BCUT2D eigenvalue weighted by Crippen LogP contribution is -2.27. The number of benzene rings is 3. The molecule has 3 aromatic carbocycles. The third-order valence-electron chi connectivity index (χ3n) is 4.99. The minimum absolute atomic E-state index is 0.0229. The second-order valence-corrected chi connectivity index (χ2v) is 9.74. The summed E-state index contributed by atoms with van der Waals surface area (Å²) in [5.41, 5.74) is 2.96. The SMILES string of the molecule is COc1cccc(CNC(=O)c2cccc(CSc3ccccc3NC(=O)C(C)(C)C)c2)c1. The van der Waals surface area contributed by atoms with Crippen molar-refractivity contribution < 1.29 is 14.3 Å². The van der Waals surface area contributed by atoms with Crippen LogP contribution in [0.25, 0.3) is 0 Å². The highest BCUT2D eigenvalue weighted by atomic mass is 32.2. The average molecular weight is 463 g/mol. The quantitative estimate of drug-likeness (QED) is 0.409. The molecular formula is C27H30N2O3S. The van der Waals surface area contributed by atoms with Gasteiger partial charge in [-0.05, 0) is 47.5 Å². The van der Waals surface area contributed by atoms with E-state index < -0.39 is 5.41 Å².